The molecule has 0 saturated carbocycles. The zero-order chi connectivity index (χ0) is 20.2. The minimum atomic E-state index is -3.79. The molecule has 6 nitrogen and oxygen atoms in total. The highest BCUT2D eigenvalue weighted by Crippen LogP contribution is 2.26. The molecule has 0 fully saturated rings. The van der Waals surface area contributed by atoms with E-state index < -0.39 is 15.9 Å². The van der Waals surface area contributed by atoms with Gasteiger partial charge in [-0.2, -0.15) is 4.31 Å². The van der Waals surface area contributed by atoms with Crippen LogP contribution in [0.4, 0.5) is 5.69 Å². The molecule has 2 rings (SSSR count). The normalized spacial score (nSPS) is 11.4. The predicted octanol–water partition coefficient (Wildman–Crippen LogP) is 3.83. The molecule has 1 N–H and O–H groups in total. The Morgan fingerprint density at radius 2 is 1.56 bits per heavy atom. The van der Waals surface area contributed by atoms with E-state index in [0.717, 1.165) is 0 Å². The van der Waals surface area contributed by atoms with Gasteiger partial charge in [0.2, 0.25) is 10.0 Å². The first-order valence-corrected chi connectivity index (χ1v) is 10.2. The lowest BCUT2D eigenvalue weighted by molar-refractivity contribution is 0.101. The molecule has 0 atom stereocenters. The highest BCUT2D eigenvalue weighted by molar-refractivity contribution is 7.89. The van der Waals surface area contributed by atoms with Crippen molar-refractivity contribution in [1.82, 2.24) is 4.31 Å². The van der Waals surface area contributed by atoms with Crippen LogP contribution in [-0.4, -0.2) is 37.5 Å². The Morgan fingerprint density at radius 1 is 1.00 bits per heavy atom. The number of nitrogens with zero attached hydrogens (tertiary/aromatic N) is 1. The van der Waals surface area contributed by atoms with Crippen LogP contribution >= 0.6 is 11.6 Å². The second-order valence-electron chi connectivity index (χ2n) is 5.82. The van der Waals surface area contributed by atoms with Crippen molar-refractivity contribution in [1.29, 1.82) is 0 Å². The van der Waals surface area contributed by atoms with Crippen LogP contribution in [0.15, 0.2) is 47.4 Å². The molecule has 0 radical (unpaired) electrons. The van der Waals surface area contributed by atoms with Crippen LogP contribution in [-0.2, 0) is 10.0 Å². The maximum absolute atomic E-state index is 12.7. The van der Waals surface area contributed by atoms with Gasteiger partial charge in [-0.05, 0) is 49.4 Å². The smallest absolute Gasteiger partial charge is 0.255 e. The molecule has 0 aliphatic heterocycles. The fraction of sp³-hybridized carbons (Fsp3) is 0.263. The minimum Gasteiger partial charge on any atom is -0.322 e. The Labute approximate surface area is 164 Å². The van der Waals surface area contributed by atoms with E-state index in [9.17, 15) is 18.0 Å². The SMILES string of the molecule is CCN(CC)S(=O)(=O)c1cc(C(=O)Nc2ccc(C(C)=O)cc2)ccc1Cl. The van der Waals surface area contributed by atoms with Crippen molar-refractivity contribution in [2.75, 3.05) is 18.4 Å². The van der Waals surface area contributed by atoms with Crippen LogP contribution in [0.1, 0.15) is 41.5 Å². The molecule has 144 valence electrons. The van der Waals surface area contributed by atoms with Gasteiger partial charge in [0.15, 0.2) is 5.78 Å². The number of hydrogen-bond donors (Lipinski definition) is 1. The number of ketones is 1. The van der Waals surface area contributed by atoms with E-state index in [1.807, 2.05) is 0 Å². The number of benzene rings is 2. The van der Waals surface area contributed by atoms with Gasteiger partial charge in [0, 0.05) is 29.9 Å². The molecule has 0 saturated heterocycles. The molecular formula is C19H21ClN2O4S. The Morgan fingerprint density at radius 3 is 2.07 bits per heavy atom. The monoisotopic (exact) mass is 408 g/mol. The highest BCUT2D eigenvalue weighted by Gasteiger charge is 2.25. The van der Waals surface area contributed by atoms with Gasteiger partial charge >= 0.3 is 0 Å². The molecule has 27 heavy (non-hydrogen) atoms. The van der Waals surface area contributed by atoms with Gasteiger partial charge in [-0.1, -0.05) is 25.4 Å². The zero-order valence-corrected chi connectivity index (χ0v) is 16.9. The van der Waals surface area contributed by atoms with Crippen molar-refractivity contribution in [3.8, 4) is 0 Å². The van der Waals surface area contributed by atoms with E-state index >= 15 is 0 Å². The maximum atomic E-state index is 12.7. The van der Waals surface area contributed by atoms with E-state index in [2.05, 4.69) is 5.32 Å². The topological polar surface area (TPSA) is 83.6 Å². The molecule has 0 aliphatic rings. The minimum absolute atomic E-state index is 0.0595. The first kappa shape index (κ1) is 21.1. The van der Waals surface area contributed by atoms with Gasteiger partial charge in [-0.15, -0.1) is 0 Å². The number of anilines is 1. The molecule has 0 unspecified atom stereocenters. The van der Waals surface area contributed by atoms with E-state index in [4.69, 9.17) is 11.6 Å². The lowest BCUT2D eigenvalue weighted by Crippen LogP contribution is -2.31. The molecule has 0 aromatic heterocycles. The molecular weight excluding hydrogens is 388 g/mol. The van der Waals surface area contributed by atoms with Gasteiger partial charge < -0.3 is 5.32 Å². The molecule has 2 aromatic rings. The summed E-state index contributed by atoms with van der Waals surface area (Å²) < 4.78 is 26.7. The second kappa shape index (κ2) is 8.65. The van der Waals surface area contributed by atoms with Gasteiger partial charge in [-0.25, -0.2) is 8.42 Å². The molecule has 0 spiro atoms. The summed E-state index contributed by atoms with van der Waals surface area (Å²) in [5.74, 6) is -0.546. The number of carbonyl (C=O) groups excluding carboxylic acids is 2. The summed E-state index contributed by atoms with van der Waals surface area (Å²) >= 11 is 6.08. The van der Waals surface area contributed by atoms with E-state index in [1.165, 1.54) is 29.4 Å². The summed E-state index contributed by atoms with van der Waals surface area (Å²) in [4.78, 5) is 23.7. The lowest BCUT2D eigenvalue weighted by Gasteiger charge is -2.19. The number of halogens is 1. The fourth-order valence-electron chi connectivity index (χ4n) is 2.54. The Kier molecular flexibility index (Phi) is 6.75. The number of sulfonamides is 1. The number of hydrogen-bond acceptors (Lipinski definition) is 4. The number of amides is 1. The summed E-state index contributed by atoms with van der Waals surface area (Å²) in [5, 5.41) is 2.74. The molecule has 0 heterocycles. The quantitative estimate of drug-likeness (QED) is 0.706. The molecule has 0 aliphatic carbocycles. The first-order chi connectivity index (χ1) is 12.7. The summed E-state index contributed by atoms with van der Waals surface area (Å²) in [5.41, 5.74) is 1.20. The average Bonchev–Trinajstić information content (AvgIpc) is 2.63. The summed E-state index contributed by atoms with van der Waals surface area (Å²) in [6.07, 6.45) is 0. The summed E-state index contributed by atoms with van der Waals surface area (Å²) in [6.45, 7) is 5.52. The van der Waals surface area contributed by atoms with Crippen molar-refractivity contribution in [2.24, 2.45) is 0 Å². The third kappa shape index (κ3) is 4.74. The van der Waals surface area contributed by atoms with Crippen molar-refractivity contribution < 1.29 is 18.0 Å². The van der Waals surface area contributed by atoms with Crippen LogP contribution in [0.3, 0.4) is 0 Å². The number of Topliss-reactive ketones (excluding diaryl/α,β-unsaturated/α-hetero) is 1. The van der Waals surface area contributed by atoms with Gasteiger partial charge in [-0.3, -0.25) is 9.59 Å². The summed E-state index contributed by atoms with van der Waals surface area (Å²) in [7, 11) is -3.79. The van der Waals surface area contributed by atoms with Crippen LogP contribution in [0.5, 0.6) is 0 Å². The molecule has 1 amide bonds. The summed E-state index contributed by atoms with van der Waals surface area (Å²) in [6, 6.07) is 10.6. The first-order valence-electron chi connectivity index (χ1n) is 8.42. The Bertz CT molecular complexity index is 952. The van der Waals surface area contributed by atoms with Crippen LogP contribution in [0, 0.1) is 0 Å². The lowest BCUT2D eigenvalue weighted by atomic mass is 10.1. The second-order valence-corrected chi connectivity index (χ2v) is 8.14. The Balaban J connectivity index is 2.31. The molecule has 0 bridgehead atoms. The van der Waals surface area contributed by atoms with Crippen LogP contribution in [0.25, 0.3) is 0 Å². The predicted molar refractivity (Wildman–Crippen MR) is 106 cm³/mol. The molecule has 2 aromatic carbocycles. The van der Waals surface area contributed by atoms with Crippen LogP contribution in [0.2, 0.25) is 5.02 Å². The number of nitrogens with one attached hydrogen (secondary N) is 1. The van der Waals surface area contributed by atoms with Gasteiger partial charge in [0.1, 0.15) is 4.90 Å². The largest absolute Gasteiger partial charge is 0.322 e. The standard InChI is InChI=1S/C19H21ClN2O4S/c1-4-22(5-2)27(25,26)18-12-15(8-11-17(18)20)19(24)21-16-9-6-14(7-10-16)13(3)23/h6-12H,4-5H2,1-3H3,(H,21,24). The van der Waals surface area contributed by atoms with E-state index in [0.29, 0.717) is 24.3 Å². The van der Waals surface area contributed by atoms with Gasteiger partial charge in [0.05, 0.1) is 5.02 Å². The van der Waals surface area contributed by atoms with Crippen molar-refractivity contribution in [3.63, 3.8) is 0 Å². The van der Waals surface area contributed by atoms with Crippen molar-refractivity contribution in [3.05, 3.63) is 58.6 Å². The van der Waals surface area contributed by atoms with E-state index in [-0.39, 0.29) is 21.3 Å². The zero-order valence-electron chi connectivity index (χ0n) is 15.3. The van der Waals surface area contributed by atoms with Crippen LogP contribution < -0.4 is 5.32 Å². The number of carbonyl (C=O) groups is 2. The van der Waals surface area contributed by atoms with Crippen molar-refractivity contribution in [2.45, 2.75) is 25.7 Å². The number of rotatable bonds is 7. The average molecular weight is 409 g/mol. The van der Waals surface area contributed by atoms with Gasteiger partial charge in [0.25, 0.3) is 5.91 Å². The highest BCUT2D eigenvalue weighted by atomic mass is 35.5. The third-order valence-electron chi connectivity index (χ3n) is 4.07. The maximum Gasteiger partial charge on any atom is 0.255 e. The Hall–Kier alpha value is -2.22. The van der Waals surface area contributed by atoms with E-state index in [1.54, 1.807) is 38.1 Å². The fourth-order valence-corrected chi connectivity index (χ4v) is 4.49. The molecule has 8 heteroatoms. The third-order valence-corrected chi connectivity index (χ3v) is 6.60. The van der Waals surface area contributed by atoms with Crippen molar-refractivity contribution >= 4 is 39.0 Å².